The highest BCUT2D eigenvalue weighted by atomic mass is 15.1. The molecule has 72 heavy (non-hydrogen) atoms. The molecule has 0 aromatic heterocycles. The van der Waals surface area contributed by atoms with Crippen LogP contribution in [0.15, 0.2) is 285 Å². The maximum absolute atomic E-state index is 2.46. The van der Waals surface area contributed by atoms with Crippen LogP contribution in [0.4, 0.5) is 17.1 Å². The number of rotatable bonds is 8. The molecule has 13 aromatic rings. The second-order valence-corrected chi connectivity index (χ2v) is 19.1. The summed E-state index contributed by atoms with van der Waals surface area (Å²) in [7, 11) is 0. The van der Waals surface area contributed by atoms with Gasteiger partial charge in [-0.2, -0.15) is 0 Å². The fraction of sp³-hybridized carbons (Fsp3) is 0.0141. The summed E-state index contributed by atoms with van der Waals surface area (Å²) in [5.74, 6) is 0. The standard InChI is InChI=1S/C71H47N/c1-3-21-54(22-4-1)71(55-23-5-2-6-24-55)69-32-14-13-30-66(69)67-44-42-58(47-70(67)71)72(56-38-33-48(34-39-56)51-19-15-20-53(45-51)60-31-16-18-50-17-7-8-25-59(50)60)57-40-35-49(36-41-57)52-37-43-65-63-28-10-9-26-61(63)62-27-11-12-29-64(62)68(65)46-52/h1-47H. The van der Waals surface area contributed by atoms with Crippen LogP contribution in [-0.4, -0.2) is 0 Å². The van der Waals surface area contributed by atoms with E-state index in [1.54, 1.807) is 0 Å². The zero-order valence-electron chi connectivity index (χ0n) is 39.6. The Kier molecular flexibility index (Phi) is 9.82. The Morgan fingerprint density at radius 2 is 0.667 bits per heavy atom. The Bertz CT molecular complexity index is 4110. The quantitative estimate of drug-likeness (QED) is 0.137. The molecule has 0 spiro atoms. The van der Waals surface area contributed by atoms with Crippen molar-refractivity contribution in [1.29, 1.82) is 0 Å². The summed E-state index contributed by atoms with van der Waals surface area (Å²) in [5, 5.41) is 10.2. The smallest absolute Gasteiger partial charge is 0.0714 e. The highest BCUT2D eigenvalue weighted by Gasteiger charge is 2.46. The SMILES string of the molecule is c1ccc(C2(c3ccccc3)c3ccccc3-c3ccc(N(c4ccc(-c5cccc(-c6cccc7ccccc67)c5)cc4)c4ccc(-c5ccc6c7ccccc7c7ccccc7c6c5)cc4)cc32)cc1. The molecule has 0 aliphatic heterocycles. The van der Waals surface area contributed by atoms with Crippen LogP contribution in [0.5, 0.6) is 0 Å². The maximum atomic E-state index is 2.46. The summed E-state index contributed by atoms with van der Waals surface area (Å²) in [6.07, 6.45) is 0. The van der Waals surface area contributed by atoms with Crippen LogP contribution in [0, 0.1) is 0 Å². The third-order valence-electron chi connectivity index (χ3n) is 15.3. The van der Waals surface area contributed by atoms with Gasteiger partial charge < -0.3 is 4.90 Å². The van der Waals surface area contributed by atoms with Crippen molar-refractivity contribution in [3.8, 4) is 44.5 Å². The Labute approximate surface area is 420 Å². The molecule has 0 radical (unpaired) electrons. The van der Waals surface area contributed by atoms with E-state index in [9.17, 15) is 0 Å². The largest absolute Gasteiger partial charge is 0.310 e. The Morgan fingerprint density at radius 1 is 0.222 bits per heavy atom. The van der Waals surface area contributed by atoms with E-state index in [0.29, 0.717) is 0 Å². The van der Waals surface area contributed by atoms with Crippen LogP contribution >= 0.6 is 0 Å². The van der Waals surface area contributed by atoms with Crippen molar-refractivity contribution >= 4 is 60.2 Å². The van der Waals surface area contributed by atoms with E-state index in [1.807, 2.05) is 0 Å². The number of nitrogens with zero attached hydrogens (tertiary/aromatic N) is 1. The lowest BCUT2D eigenvalue weighted by Crippen LogP contribution is -2.28. The second kappa shape index (κ2) is 17.0. The normalized spacial score (nSPS) is 12.6. The van der Waals surface area contributed by atoms with Crippen molar-refractivity contribution in [2.24, 2.45) is 0 Å². The molecular weight excluding hydrogens is 867 g/mol. The lowest BCUT2D eigenvalue weighted by molar-refractivity contribution is 0.768. The van der Waals surface area contributed by atoms with Crippen LogP contribution in [-0.2, 0) is 5.41 Å². The molecule has 0 fully saturated rings. The number of hydrogen-bond acceptors (Lipinski definition) is 1. The zero-order valence-corrected chi connectivity index (χ0v) is 39.6. The topological polar surface area (TPSA) is 3.24 Å². The molecule has 14 rings (SSSR count). The van der Waals surface area contributed by atoms with Crippen molar-refractivity contribution in [2.45, 2.75) is 5.41 Å². The van der Waals surface area contributed by atoms with E-state index in [1.165, 1.54) is 110 Å². The molecule has 0 bridgehead atoms. The highest BCUT2D eigenvalue weighted by Crippen LogP contribution is 2.57. The molecule has 1 aliphatic rings. The number of fused-ring (bicyclic) bond motifs is 10. The van der Waals surface area contributed by atoms with E-state index in [0.717, 1.165) is 17.1 Å². The van der Waals surface area contributed by atoms with Gasteiger partial charge in [-0.3, -0.25) is 0 Å². The molecular formula is C71H47N. The minimum Gasteiger partial charge on any atom is -0.310 e. The van der Waals surface area contributed by atoms with Crippen LogP contribution in [0.25, 0.3) is 87.6 Å². The highest BCUT2D eigenvalue weighted by molar-refractivity contribution is 6.25. The first kappa shape index (κ1) is 41.7. The molecule has 0 saturated heterocycles. The van der Waals surface area contributed by atoms with Gasteiger partial charge in [0.1, 0.15) is 0 Å². The van der Waals surface area contributed by atoms with Crippen molar-refractivity contribution in [2.75, 3.05) is 4.90 Å². The molecule has 336 valence electrons. The third-order valence-corrected chi connectivity index (χ3v) is 15.3. The van der Waals surface area contributed by atoms with Crippen LogP contribution in [0.3, 0.4) is 0 Å². The summed E-state index contributed by atoms with van der Waals surface area (Å²) in [6, 6.07) is 105. The maximum Gasteiger partial charge on any atom is 0.0714 e. The van der Waals surface area contributed by atoms with Crippen LogP contribution < -0.4 is 4.90 Å². The lowest BCUT2D eigenvalue weighted by atomic mass is 9.67. The summed E-state index contributed by atoms with van der Waals surface area (Å²) in [6.45, 7) is 0. The predicted molar refractivity (Wildman–Crippen MR) is 305 cm³/mol. The fourth-order valence-electron chi connectivity index (χ4n) is 12.1. The van der Waals surface area contributed by atoms with Gasteiger partial charge in [0.15, 0.2) is 0 Å². The van der Waals surface area contributed by atoms with Gasteiger partial charge in [-0.25, -0.2) is 0 Å². The van der Waals surface area contributed by atoms with Gasteiger partial charge in [0.05, 0.1) is 5.41 Å². The van der Waals surface area contributed by atoms with Gasteiger partial charge >= 0.3 is 0 Å². The molecule has 1 aliphatic carbocycles. The molecule has 13 aromatic carbocycles. The summed E-state index contributed by atoms with van der Waals surface area (Å²) < 4.78 is 0. The van der Waals surface area contributed by atoms with Crippen molar-refractivity contribution < 1.29 is 0 Å². The van der Waals surface area contributed by atoms with Crippen molar-refractivity contribution in [3.05, 3.63) is 307 Å². The van der Waals surface area contributed by atoms with E-state index in [4.69, 9.17) is 0 Å². The zero-order chi connectivity index (χ0) is 47.6. The van der Waals surface area contributed by atoms with Gasteiger partial charge in [0.2, 0.25) is 0 Å². The van der Waals surface area contributed by atoms with Crippen LogP contribution in [0.2, 0.25) is 0 Å². The molecule has 0 saturated carbocycles. The molecule has 0 unspecified atom stereocenters. The van der Waals surface area contributed by atoms with Gasteiger partial charge in [0, 0.05) is 17.1 Å². The molecule has 0 N–H and O–H groups in total. The van der Waals surface area contributed by atoms with E-state index >= 15 is 0 Å². The van der Waals surface area contributed by atoms with Gasteiger partial charge in [-0.05, 0) is 158 Å². The van der Waals surface area contributed by atoms with Gasteiger partial charge in [-0.1, -0.05) is 237 Å². The average molecular weight is 914 g/mol. The monoisotopic (exact) mass is 913 g/mol. The number of benzene rings is 13. The first-order valence-electron chi connectivity index (χ1n) is 25.0. The average Bonchev–Trinajstić information content (AvgIpc) is 3.76. The predicted octanol–water partition coefficient (Wildman–Crippen LogP) is 19.1. The van der Waals surface area contributed by atoms with E-state index in [-0.39, 0.29) is 0 Å². The lowest BCUT2D eigenvalue weighted by Gasteiger charge is -2.35. The molecule has 1 heteroatoms. The minimum absolute atomic E-state index is 0.523. The second-order valence-electron chi connectivity index (χ2n) is 19.1. The minimum atomic E-state index is -0.523. The number of hydrogen-bond donors (Lipinski definition) is 0. The van der Waals surface area contributed by atoms with Gasteiger partial charge in [-0.15, -0.1) is 0 Å². The first-order chi connectivity index (χ1) is 35.7. The van der Waals surface area contributed by atoms with E-state index < -0.39 is 5.41 Å². The van der Waals surface area contributed by atoms with Gasteiger partial charge in [0.25, 0.3) is 0 Å². The molecule has 0 atom stereocenters. The van der Waals surface area contributed by atoms with Crippen molar-refractivity contribution in [1.82, 2.24) is 0 Å². The molecule has 0 amide bonds. The fourth-order valence-corrected chi connectivity index (χ4v) is 12.1. The Balaban J connectivity index is 0.918. The molecule has 1 nitrogen and oxygen atoms in total. The Morgan fingerprint density at radius 3 is 1.32 bits per heavy atom. The Hall–Kier alpha value is -9.30. The number of anilines is 3. The third kappa shape index (κ3) is 6.63. The summed E-state index contributed by atoms with van der Waals surface area (Å²) in [4.78, 5) is 2.43. The van der Waals surface area contributed by atoms with E-state index in [2.05, 4.69) is 290 Å². The summed E-state index contributed by atoms with van der Waals surface area (Å²) >= 11 is 0. The summed E-state index contributed by atoms with van der Waals surface area (Å²) in [5.41, 5.74) is 17.5. The first-order valence-corrected chi connectivity index (χ1v) is 25.0. The molecule has 0 heterocycles. The van der Waals surface area contributed by atoms with Crippen LogP contribution in [0.1, 0.15) is 22.3 Å². The van der Waals surface area contributed by atoms with Crippen molar-refractivity contribution in [3.63, 3.8) is 0 Å².